The van der Waals surface area contributed by atoms with Crippen molar-refractivity contribution in [2.24, 2.45) is 11.8 Å². The van der Waals surface area contributed by atoms with E-state index in [4.69, 9.17) is 9.16 Å². The zero-order chi connectivity index (χ0) is 8.55. The zero-order valence-corrected chi connectivity index (χ0v) is 9.95. The lowest BCUT2D eigenvalue weighted by molar-refractivity contribution is 0.192. The van der Waals surface area contributed by atoms with Crippen LogP contribution in [-0.4, -0.2) is 29.3 Å². The minimum absolute atomic E-state index is 0.625. The molecule has 2 rings (SSSR count). The van der Waals surface area contributed by atoms with Gasteiger partial charge in [-0.15, -0.1) is 0 Å². The fourth-order valence-electron chi connectivity index (χ4n) is 2.35. The summed E-state index contributed by atoms with van der Waals surface area (Å²) < 4.78 is 10.8. The van der Waals surface area contributed by atoms with Crippen molar-refractivity contribution in [2.45, 2.75) is 38.4 Å². The Hall–Kier alpha value is 0.137. The molecule has 4 atom stereocenters. The number of ether oxygens (including phenoxy) is 1. The molecule has 4 unspecified atom stereocenters. The summed E-state index contributed by atoms with van der Waals surface area (Å²) in [6.07, 6.45) is 5.20. The molecule has 2 aliphatic rings. The molecule has 1 aliphatic carbocycles. The van der Waals surface area contributed by atoms with Crippen LogP contribution >= 0.6 is 0 Å². The van der Waals surface area contributed by atoms with E-state index >= 15 is 0 Å². The van der Waals surface area contributed by atoms with Gasteiger partial charge in [-0.3, -0.25) is 0 Å². The number of epoxide rings is 1. The van der Waals surface area contributed by atoms with Crippen LogP contribution in [0.15, 0.2) is 0 Å². The zero-order valence-electron chi connectivity index (χ0n) is 7.95. The molecule has 1 saturated heterocycles. The van der Waals surface area contributed by atoms with E-state index in [1.807, 2.05) is 0 Å². The smallest absolute Gasteiger partial charge is 0.145 e. The summed E-state index contributed by atoms with van der Waals surface area (Å²) in [5.41, 5.74) is 0. The number of fused-ring (bicyclic) bond motifs is 1. The van der Waals surface area contributed by atoms with Crippen LogP contribution in [0.5, 0.6) is 0 Å². The Bertz CT molecular complexity index is 163. The molecular formula is C9H18O2Si. The SMILES string of the molecule is CC(CO[SiH3])C1CCC2OC2C1. The second-order valence-corrected chi connectivity index (χ2v) is 4.80. The van der Waals surface area contributed by atoms with E-state index < -0.39 is 0 Å². The van der Waals surface area contributed by atoms with Crippen LogP contribution in [0, 0.1) is 11.8 Å². The lowest BCUT2D eigenvalue weighted by Crippen LogP contribution is -2.22. The van der Waals surface area contributed by atoms with Gasteiger partial charge < -0.3 is 9.16 Å². The van der Waals surface area contributed by atoms with Crippen LogP contribution in [-0.2, 0) is 9.16 Å². The van der Waals surface area contributed by atoms with Gasteiger partial charge in [-0.1, -0.05) is 6.92 Å². The third kappa shape index (κ3) is 1.73. The van der Waals surface area contributed by atoms with Gasteiger partial charge in [0.1, 0.15) is 10.5 Å². The number of hydrogen-bond donors (Lipinski definition) is 0. The second-order valence-electron chi connectivity index (χ2n) is 4.22. The van der Waals surface area contributed by atoms with Crippen LogP contribution in [0.4, 0.5) is 0 Å². The molecule has 2 fully saturated rings. The lowest BCUT2D eigenvalue weighted by atomic mass is 9.81. The summed E-state index contributed by atoms with van der Waals surface area (Å²) in [7, 11) is 0.881. The van der Waals surface area contributed by atoms with Gasteiger partial charge in [-0.25, -0.2) is 0 Å². The average Bonchev–Trinajstić information content (AvgIpc) is 2.81. The van der Waals surface area contributed by atoms with Crippen LogP contribution in [0.3, 0.4) is 0 Å². The van der Waals surface area contributed by atoms with Gasteiger partial charge in [0.05, 0.1) is 12.2 Å². The van der Waals surface area contributed by atoms with Gasteiger partial charge >= 0.3 is 0 Å². The molecule has 1 heterocycles. The predicted molar refractivity (Wildman–Crippen MR) is 51.1 cm³/mol. The molecule has 0 bridgehead atoms. The molecule has 1 aliphatic heterocycles. The van der Waals surface area contributed by atoms with E-state index in [0.717, 1.165) is 28.9 Å². The molecule has 0 spiro atoms. The van der Waals surface area contributed by atoms with E-state index in [0.29, 0.717) is 12.2 Å². The molecule has 0 amide bonds. The van der Waals surface area contributed by atoms with Gasteiger partial charge in [-0.2, -0.15) is 0 Å². The summed E-state index contributed by atoms with van der Waals surface area (Å²) in [6, 6.07) is 0. The first-order chi connectivity index (χ1) is 5.81. The molecule has 0 aromatic rings. The molecule has 2 nitrogen and oxygen atoms in total. The van der Waals surface area contributed by atoms with Crippen LogP contribution in [0.25, 0.3) is 0 Å². The molecule has 12 heavy (non-hydrogen) atoms. The van der Waals surface area contributed by atoms with Crippen molar-refractivity contribution in [3.8, 4) is 0 Å². The van der Waals surface area contributed by atoms with Crippen molar-refractivity contribution in [3.63, 3.8) is 0 Å². The third-order valence-corrected chi connectivity index (χ3v) is 3.61. The largest absolute Gasteiger partial charge is 0.428 e. The summed E-state index contributed by atoms with van der Waals surface area (Å²) >= 11 is 0. The van der Waals surface area contributed by atoms with Crippen molar-refractivity contribution in [1.82, 2.24) is 0 Å². The van der Waals surface area contributed by atoms with E-state index in [1.165, 1.54) is 19.3 Å². The Kier molecular flexibility index (Phi) is 2.53. The van der Waals surface area contributed by atoms with Crippen LogP contribution < -0.4 is 0 Å². The van der Waals surface area contributed by atoms with Crippen molar-refractivity contribution in [2.75, 3.05) is 6.61 Å². The molecule has 0 aromatic heterocycles. The summed E-state index contributed by atoms with van der Waals surface area (Å²) in [5, 5.41) is 0. The quantitative estimate of drug-likeness (QED) is 0.472. The molecule has 1 saturated carbocycles. The predicted octanol–water partition coefficient (Wildman–Crippen LogP) is 0.487. The lowest BCUT2D eigenvalue weighted by Gasteiger charge is -2.25. The maximum absolute atomic E-state index is 5.50. The van der Waals surface area contributed by atoms with E-state index in [9.17, 15) is 0 Å². The summed E-state index contributed by atoms with van der Waals surface area (Å²) in [4.78, 5) is 0. The van der Waals surface area contributed by atoms with Crippen LogP contribution in [0.1, 0.15) is 26.2 Å². The Morgan fingerprint density at radius 3 is 3.00 bits per heavy atom. The van der Waals surface area contributed by atoms with Gasteiger partial charge in [0.15, 0.2) is 0 Å². The fourth-order valence-corrected chi connectivity index (χ4v) is 2.88. The van der Waals surface area contributed by atoms with Gasteiger partial charge in [0.2, 0.25) is 0 Å². The van der Waals surface area contributed by atoms with Crippen molar-refractivity contribution >= 4 is 10.5 Å². The van der Waals surface area contributed by atoms with E-state index in [1.54, 1.807) is 0 Å². The fraction of sp³-hybridized carbons (Fsp3) is 1.00. The maximum Gasteiger partial charge on any atom is 0.145 e. The van der Waals surface area contributed by atoms with Crippen LogP contribution in [0.2, 0.25) is 0 Å². The highest BCUT2D eigenvalue weighted by molar-refractivity contribution is 5.97. The maximum atomic E-state index is 5.50. The molecule has 3 heteroatoms. The highest BCUT2D eigenvalue weighted by Gasteiger charge is 2.44. The van der Waals surface area contributed by atoms with E-state index in [2.05, 4.69) is 6.92 Å². The molecule has 0 radical (unpaired) electrons. The summed E-state index contributed by atoms with van der Waals surface area (Å²) in [5.74, 6) is 1.61. The topological polar surface area (TPSA) is 21.8 Å². The normalized spacial score (nSPS) is 42.2. The Morgan fingerprint density at radius 1 is 1.50 bits per heavy atom. The standard InChI is InChI=1S/C9H18O2Si/c1-6(5-10-12)7-2-3-8-9(4-7)11-8/h6-9H,2-5H2,1,12H3. The number of rotatable bonds is 3. The minimum Gasteiger partial charge on any atom is -0.428 e. The van der Waals surface area contributed by atoms with Gasteiger partial charge in [0, 0.05) is 6.61 Å². The molecule has 0 N–H and O–H groups in total. The average molecular weight is 186 g/mol. The minimum atomic E-state index is 0.625. The number of hydrogen-bond acceptors (Lipinski definition) is 2. The first-order valence-corrected chi connectivity index (χ1v) is 5.77. The first kappa shape index (κ1) is 8.72. The first-order valence-electron chi connectivity index (χ1n) is 4.95. The second kappa shape index (κ2) is 3.48. The van der Waals surface area contributed by atoms with Gasteiger partial charge in [-0.05, 0) is 31.1 Å². The van der Waals surface area contributed by atoms with E-state index in [-0.39, 0.29) is 0 Å². The van der Waals surface area contributed by atoms with Crippen molar-refractivity contribution < 1.29 is 9.16 Å². The monoisotopic (exact) mass is 186 g/mol. The third-order valence-electron chi connectivity index (χ3n) is 3.28. The van der Waals surface area contributed by atoms with Crippen molar-refractivity contribution in [3.05, 3.63) is 0 Å². The summed E-state index contributed by atoms with van der Waals surface area (Å²) in [6.45, 7) is 3.28. The Balaban J connectivity index is 1.79. The van der Waals surface area contributed by atoms with Gasteiger partial charge in [0.25, 0.3) is 0 Å². The molecular weight excluding hydrogens is 168 g/mol. The highest BCUT2D eigenvalue weighted by atomic mass is 28.2. The van der Waals surface area contributed by atoms with Crippen molar-refractivity contribution in [1.29, 1.82) is 0 Å². The highest BCUT2D eigenvalue weighted by Crippen LogP contribution is 2.41. The Labute approximate surface area is 77.2 Å². The molecule has 70 valence electrons. The Morgan fingerprint density at radius 2 is 2.33 bits per heavy atom. The molecule has 0 aromatic carbocycles.